The number of amides is 1. The zero-order valence-electron chi connectivity index (χ0n) is 13.8. The third-order valence-corrected chi connectivity index (χ3v) is 4.35. The second-order valence-electron chi connectivity index (χ2n) is 5.24. The lowest BCUT2D eigenvalue weighted by molar-refractivity contribution is -0.384. The molecule has 1 aliphatic rings. The van der Waals surface area contributed by atoms with E-state index in [0.29, 0.717) is 27.1 Å². The summed E-state index contributed by atoms with van der Waals surface area (Å²) in [7, 11) is 0. The first-order chi connectivity index (χ1) is 13.1. The smallest absolute Gasteiger partial charge is 0.269 e. The van der Waals surface area contributed by atoms with E-state index in [4.69, 9.17) is 10.00 Å². The quantitative estimate of drug-likeness (QED) is 0.483. The highest BCUT2D eigenvalue weighted by molar-refractivity contribution is 8.18. The van der Waals surface area contributed by atoms with Crippen LogP contribution in [0.2, 0.25) is 0 Å². The number of amidine groups is 1. The summed E-state index contributed by atoms with van der Waals surface area (Å²) < 4.78 is 5.35. The number of nitrogens with one attached hydrogen (secondary N) is 1. The number of thioether (sulfide) groups is 1. The second kappa shape index (κ2) is 8.16. The molecule has 3 rings (SSSR count). The monoisotopic (exact) mass is 380 g/mol. The van der Waals surface area contributed by atoms with Crippen molar-refractivity contribution in [2.24, 2.45) is 4.99 Å². The number of hydrogen-bond acceptors (Lipinski definition) is 7. The van der Waals surface area contributed by atoms with Crippen molar-refractivity contribution in [3.05, 3.63) is 69.1 Å². The molecule has 9 heteroatoms. The Morgan fingerprint density at radius 1 is 1.26 bits per heavy atom. The molecule has 0 aromatic heterocycles. The molecule has 0 unspecified atom stereocenters. The number of nitro benzene ring substituents is 1. The first-order valence-electron chi connectivity index (χ1n) is 7.69. The number of benzene rings is 2. The zero-order chi connectivity index (χ0) is 19.2. The lowest BCUT2D eigenvalue weighted by Crippen LogP contribution is -2.19. The molecule has 0 aliphatic carbocycles. The number of ether oxygens (including phenoxy) is 1. The highest BCUT2D eigenvalue weighted by Gasteiger charge is 2.24. The summed E-state index contributed by atoms with van der Waals surface area (Å²) in [6, 6.07) is 14.7. The van der Waals surface area contributed by atoms with E-state index in [1.165, 1.54) is 24.3 Å². The van der Waals surface area contributed by atoms with Crippen LogP contribution in [0.5, 0.6) is 5.75 Å². The van der Waals surface area contributed by atoms with Gasteiger partial charge in [0.25, 0.3) is 11.6 Å². The van der Waals surface area contributed by atoms with Crippen LogP contribution in [0.3, 0.4) is 0 Å². The highest BCUT2D eigenvalue weighted by atomic mass is 32.2. The van der Waals surface area contributed by atoms with Crippen molar-refractivity contribution in [3.8, 4) is 11.8 Å². The molecule has 1 heterocycles. The Labute approximate surface area is 158 Å². The van der Waals surface area contributed by atoms with Crippen LogP contribution in [-0.4, -0.2) is 22.6 Å². The van der Waals surface area contributed by atoms with Crippen LogP contribution < -0.4 is 10.1 Å². The Kier molecular flexibility index (Phi) is 5.49. The number of aliphatic imine (C=N–C) groups is 1. The molecule has 8 nitrogen and oxygen atoms in total. The van der Waals surface area contributed by atoms with E-state index in [1.54, 1.807) is 30.3 Å². The molecule has 1 aliphatic heterocycles. The second-order valence-corrected chi connectivity index (χ2v) is 6.27. The normalized spacial score (nSPS) is 16.2. The average molecular weight is 380 g/mol. The molecule has 1 N–H and O–H groups in total. The third-order valence-electron chi connectivity index (χ3n) is 3.44. The lowest BCUT2D eigenvalue weighted by atomic mass is 10.2. The Balaban J connectivity index is 1.80. The molecule has 1 amide bonds. The maximum absolute atomic E-state index is 12.2. The number of nitro groups is 1. The first-order valence-corrected chi connectivity index (χ1v) is 8.51. The molecule has 134 valence electrons. The number of carbonyl (C=O) groups is 1. The molecule has 0 radical (unpaired) electrons. The lowest BCUT2D eigenvalue weighted by Gasteiger charge is -2.05. The van der Waals surface area contributed by atoms with Gasteiger partial charge in [0.2, 0.25) is 0 Å². The van der Waals surface area contributed by atoms with Crippen LogP contribution in [0.15, 0.2) is 58.4 Å². The van der Waals surface area contributed by atoms with E-state index in [0.717, 1.165) is 11.8 Å². The molecule has 0 saturated carbocycles. The number of rotatable bonds is 5. The van der Waals surface area contributed by atoms with Crippen molar-refractivity contribution in [2.75, 3.05) is 6.61 Å². The van der Waals surface area contributed by atoms with Crippen LogP contribution in [0.4, 0.5) is 11.4 Å². The molecule has 2 aromatic carbocycles. The number of carbonyl (C=O) groups excluding carboxylic acids is 1. The summed E-state index contributed by atoms with van der Waals surface area (Å²) in [4.78, 5) is 27.1. The largest absolute Gasteiger partial charge is 0.478 e. The minimum atomic E-state index is -0.490. The van der Waals surface area contributed by atoms with E-state index in [-0.39, 0.29) is 18.2 Å². The molecular formula is C18H12N4O4S. The van der Waals surface area contributed by atoms with Crippen molar-refractivity contribution in [2.45, 2.75) is 0 Å². The minimum Gasteiger partial charge on any atom is -0.478 e. The van der Waals surface area contributed by atoms with E-state index in [9.17, 15) is 14.9 Å². The van der Waals surface area contributed by atoms with Gasteiger partial charge >= 0.3 is 0 Å². The van der Waals surface area contributed by atoms with Crippen LogP contribution >= 0.6 is 11.8 Å². The van der Waals surface area contributed by atoms with Crippen LogP contribution in [-0.2, 0) is 4.79 Å². The number of nitriles is 1. The molecule has 1 saturated heterocycles. The number of nitrogens with zero attached hydrogens (tertiary/aromatic N) is 3. The van der Waals surface area contributed by atoms with E-state index in [1.807, 2.05) is 6.07 Å². The van der Waals surface area contributed by atoms with Crippen molar-refractivity contribution in [1.82, 2.24) is 5.32 Å². The summed E-state index contributed by atoms with van der Waals surface area (Å²) in [5.41, 5.74) is 1.13. The summed E-state index contributed by atoms with van der Waals surface area (Å²) in [5.74, 6) is 0.191. The molecular weight excluding hydrogens is 368 g/mol. The van der Waals surface area contributed by atoms with Crippen molar-refractivity contribution < 1.29 is 14.5 Å². The van der Waals surface area contributed by atoms with Gasteiger partial charge < -0.3 is 10.1 Å². The fraction of sp³-hybridized carbons (Fsp3) is 0.0556. The number of para-hydroxylation sites is 1. The zero-order valence-corrected chi connectivity index (χ0v) is 14.6. The molecule has 0 bridgehead atoms. The predicted octanol–water partition coefficient (Wildman–Crippen LogP) is 3.39. The van der Waals surface area contributed by atoms with Crippen LogP contribution in [0.1, 0.15) is 5.56 Å². The minimum absolute atomic E-state index is 0.0309. The maximum atomic E-state index is 12.2. The van der Waals surface area contributed by atoms with Gasteiger partial charge in [0, 0.05) is 17.7 Å². The average Bonchev–Trinajstić information content (AvgIpc) is 3.00. The Morgan fingerprint density at radius 3 is 2.70 bits per heavy atom. The van der Waals surface area contributed by atoms with Gasteiger partial charge in [0.1, 0.15) is 11.8 Å². The summed E-state index contributed by atoms with van der Waals surface area (Å²) in [6.45, 7) is -0.0909. The summed E-state index contributed by atoms with van der Waals surface area (Å²) >= 11 is 1.15. The number of hydrogen-bond donors (Lipinski definition) is 1. The Bertz CT molecular complexity index is 993. The van der Waals surface area contributed by atoms with Crippen molar-refractivity contribution in [1.29, 1.82) is 5.26 Å². The van der Waals surface area contributed by atoms with Crippen LogP contribution in [0, 0.1) is 21.4 Å². The topological polar surface area (TPSA) is 118 Å². The first kappa shape index (κ1) is 18.2. The van der Waals surface area contributed by atoms with E-state index >= 15 is 0 Å². The van der Waals surface area contributed by atoms with Gasteiger partial charge in [-0.3, -0.25) is 14.9 Å². The van der Waals surface area contributed by atoms with Gasteiger partial charge in [-0.1, -0.05) is 18.2 Å². The summed E-state index contributed by atoms with van der Waals surface area (Å²) in [5, 5.41) is 22.4. The van der Waals surface area contributed by atoms with Crippen LogP contribution in [0.25, 0.3) is 6.08 Å². The Hall–Kier alpha value is -3.64. The van der Waals surface area contributed by atoms with Crippen molar-refractivity contribution >= 4 is 40.3 Å². The van der Waals surface area contributed by atoms with Gasteiger partial charge in [-0.15, -0.1) is 0 Å². The molecule has 1 fully saturated rings. The molecule has 0 atom stereocenters. The maximum Gasteiger partial charge on any atom is 0.269 e. The van der Waals surface area contributed by atoms with E-state index < -0.39 is 4.92 Å². The fourth-order valence-corrected chi connectivity index (χ4v) is 3.06. The summed E-state index contributed by atoms with van der Waals surface area (Å²) in [6.07, 6.45) is 1.66. The highest BCUT2D eigenvalue weighted by Crippen LogP contribution is 2.30. The fourth-order valence-electron chi connectivity index (χ4n) is 2.23. The van der Waals surface area contributed by atoms with Gasteiger partial charge in [-0.05, 0) is 36.0 Å². The van der Waals surface area contributed by atoms with Gasteiger partial charge in [-0.25, -0.2) is 4.99 Å². The predicted molar refractivity (Wildman–Crippen MR) is 101 cm³/mol. The van der Waals surface area contributed by atoms with E-state index in [2.05, 4.69) is 10.3 Å². The molecule has 27 heavy (non-hydrogen) atoms. The van der Waals surface area contributed by atoms with Gasteiger partial charge in [-0.2, -0.15) is 5.26 Å². The molecule has 0 spiro atoms. The Morgan fingerprint density at radius 2 is 2.00 bits per heavy atom. The number of non-ortho nitro benzene ring substituents is 1. The molecule has 2 aromatic rings. The third kappa shape index (κ3) is 4.50. The van der Waals surface area contributed by atoms with Gasteiger partial charge in [0.05, 0.1) is 15.5 Å². The SMILES string of the molecule is N#CCOc1ccccc1/C=C1\SC(=Nc2ccc([N+](=O)[O-])cc2)NC1=O. The standard InChI is InChI=1S/C18H12N4O4S/c19-9-10-26-15-4-2-1-3-12(15)11-16-17(23)21-18(27-16)20-13-5-7-14(8-6-13)22(24)25/h1-8,11H,10H2,(H,20,21,23)/b16-11-. The van der Waals surface area contributed by atoms with Gasteiger partial charge in [0.15, 0.2) is 11.8 Å². The van der Waals surface area contributed by atoms with Crippen molar-refractivity contribution in [3.63, 3.8) is 0 Å².